The van der Waals surface area contributed by atoms with Crippen LogP contribution in [0.5, 0.6) is 0 Å². The van der Waals surface area contributed by atoms with Crippen LogP contribution in [0.15, 0.2) is 48.7 Å². The number of aromatic nitrogens is 2. The van der Waals surface area contributed by atoms with E-state index in [-0.39, 0.29) is 5.82 Å². The molecule has 0 aliphatic carbocycles. The van der Waals surface area contributed by atoms with Crippen LogP contribution in [-0.2, 0) is 6.54 Å². The second-order valence-corrected chi connectivity index (χ2v) is 4.12. The summed E-state index contributed by atoms with van der Waals surface area (Å²) in [5, 5.41) is 11.1. The third kappa shape index (κ3) is 2.05. The molecule has 0 unspecified atom stereocenters. The van der Waals surface area contributed by atoms with Crippen LogP contribution in [0, 0.1) is 5.82 Å². The quantitative estimate of drug-likeness (QED) is 0.738. The Morgan fingerprint density at radius 2 is 2.06 bits per heavy atom. The number of H-pyrrole nitrogens is 1. The first-order valence-electron chi connectivity index (χ1n) is 5.73. The number of nitrogens with zero attached hydrogens (tertiary/aromatic N) is 1. The summed E-state index contributed by atoms with van der Waals surface area (Å²) in [4.78, 5) is 0. The van der Waals surface area contributed by atoms with Crippen molar-refractivity contribution in [3.63, 3.8) is 0 Å². The minimum Gasteiger partial charge on any atom is -0.381 e. The number of hydrogen-bond donors (Lipinski definition) is 2. The minimum atomic E-state index is -0.187. The van der Waals surface area contributed by atoms with Gasteiger partial charge in [0.1, 0.15) is 5.82 Å². The summed E-state index contributed by atoms with van der Waals surface area (Å²) < 4.78 is 13.4. The maximum absolute atomic E-state index is 13.4. The van der Waals surface area contributed by atoms with Gasteiger partial charge in [0.25, 0.3) is 0 Å². The molecule has 3 nitrogen and oxygen atoms in total. The van der Waals surface area contributed by atoms with Crippen molar-refractivity contribution in [1.29, 1.82) is 0 Å². The molecule has 1 aromatic heterocycles. The van der Waals surface area contributed by atoms with Crippen LogP contribution in [0.25, 0.3) is 10.9 Å². The van der Waals surface area contributed by atoms with E-state index in [1.165, 1.54) is 6.07 Å². The Morgan fingerprint density at radius 3 is 2.94 bits per heavy atom. The normalized spacial score (nSPS) is 10.7. The summed E-state index contributed by atoms with van der Waals surface area (Å²) in [6.07, 6.45) is 1.77. The third-order valence-electron chi connectivity index (χ3n) is 2.88. The Labute approximate surface area is 104 Å². The second-order valence-electron chi connectivity index (χ2n) is 4.12. The molecule has 1 heterocycles. The van der Waals surface area contributed by atoms with Crippen molar-refractivity contribution in [2.45, 2.75) is 6.54 Å². The van der Waals surface area contributed by atoms with Gasteiger partial charge < -0.3 is 5.32 Å². The number of halogens is 1. The van der Waals surface area contributed by atoms with Gasteiger partial charge in [0, 0.05) is 23.2 Å². The van der Waals surface area contributed by atoms with Gasteiger partial charge in [-0.15, -0.1) is 0 Å². The van der Waals surface area contributed by atoms with Gasteiger partial charge in [0.15, 0.2) is 0 Å². The van der Waals surface area contributed by atoms with Crippen LogP contribution in [0.1, 0.15) is 5.56 Å². The van der Waals surface area contributed by atoms with E-state index in [0.717, 1.165) is 16.6 Å². The molecule has 0 atom stereocenters. The van der Waals surface area contributed by atoms with E-state index in [1.54, 1.807) is 18.3 Å². The summed E-state index contributed by atoms with van der Waals surface area (Å²) >= 11 is 0. The number of benzene rings is 2. The van der Waals surface area contributed by atoms with E-state index in [1.807, 2.05) is 24.3 Å². The first-order chi connectivity index (χ1) is 8.83. The average Bonchev–Trinajstić information content (AvgIpc) is 2.85. The SMILES string of the molecule is Fc1ccccc1CNc1ccc2cn[nH]c2c1. The molecule has 0 amide bonds. The minimum absolute atomic E-state index is 0.187. The summed E-state index contributed by atoms with van der Waals surface area (Å²) in [7, 11) is 0. The highest BCUT2D eigenvalue weighted by atomic mass is 19.1. The van der Waals surface area contributed by atoms with E-state index in [2.05, 4.69) is 15.5 Å². The highest BCUT2D eigenvalue weighted by Crippen LogP contribution is 2.17. The molecule has 4 heteroatoms. The van der Waals surface area contributed by atoms with Crippen molar-refractivity contribution in [2.24, 2.45) is 0 Å². The Kier molecular flexibility index (Phi) is 2.68. The van der Waals surface area contributed by atoms with Crippen molar-refractivity contribution >= 4 is 16.6 Å². The fraction of sp³-hybridized carbons (Fsp3) is 0.0714. The predicted molar refractivity (Wildman–Crippen MR) is 69.8 cm³/mol. The average molecular weight is 241 g/mol. The first kappa shape index (κ1) is 10.8. The molecule has 0 saturated carbocycles. The zero-order valence-corrected chi connectivity index (χ0v) is 9.65. The molecule has 0 radical (unpaired) electrons. The molecular formula is C14H12FN3. The number of aromatic amines is 1. The molecule has 0 aliphatic rings. The van der Waals surface area contributed by atoms with Gasteiger partial charge in [-0.3, -0.25) is 5.10 Å². The van der Waals surface area contributed by atoms with Gasteiger partial charge in [-0.1, -0.05) is 18.2 Å². The van der Waals surface area contributed by atoms with Gasteiger partial charge in [0.05, 0.1) is 11.7 Å². The van der Waals surface area contributed by atoms with Crippen molar-refractivity contribution in [2.75, 3.05) is 5.32 Å². The van der Waals surface area contributed by atoms with E-state index in [9.17, 15) is 4.39 Å². The lowest BCUT2D eigenvalue weighted by atomic mass is 10.2. The van der Waals surface area contributed by atoms with Crippen LogP contribution < -0.4 is 5.32 Å². The maximum atomic E-state index is 13.4. The van der Waals surface area contributed by atoms with Crippen LogP contribution >= 0.6 is 0 Å². The van der Waals surface area contributed by atoms with E-state index >= 15 is 0 Å². The van der Waals surface area contributed by atoms with E-state index in [0.29, 0.717) is 12.1 Å². The second kappa shape index (κ2) is 4.49. The van der Waals surface area contributed by atoms with Gasteiger partial charge in [-0.25, -0.2) is 4.39 Å². The standard InChI is InChI=1S/C14H12FN3/c15-13-4-2-1-3-10(13)8-16-12-6-5-11-9-17-18-14(11)7-12/h1-7,9,16H,8H2,(H,17,18). The molecule has 0 bridgehead atoms. The molecule has 3 rings (SSSR count). The molecule has 2 N–H and O–H groups in total. The highest BCUT2D eigenvalue weighted by molar-refractivity contribution is 5.81. The van der Waals surface area contributed by atoms with Crippen LogP contribution in [0.3, 0.4) is 0 Å². The van der Waals surface area contributed by atoms with Crippen molar-refractivity contribution in [3.8, 4) is 0 Å². The molecule has 0 spiro atoms. The van der Waals surface area contributed by atoms with Crippen LogP contribution in [0.4, 0.5) is 10.1 Å². The molecule has 2 aromatic carbocycles. The largest absolute Gasteiger partial charge is 0.381 e. The third-order valence-corrected chi connectivity index (χ3v) is 2.88. The Bertz CT molecular complexity index is 675. The summed E-state index contributed by atoms with van der Waals surface area (Å²) in [6.45, 7) is 0.465. The fourth-order valence-corrected chi connectivity index (χ4v) is 1.89. The fourth-order valence-electron chi connectivity index (χ4n) is 1.89. The van der Waals surface area contributed by atoms with E-state index < -0.39 is 0 Å². The summed E-state index contributed by atoms with van der Waals surface area (Å²) in [5.41, 5.74) is 2.56. The highest BCUT2D eigenvalue weighted by Gasteiger charge is 2.01. The lowest BCUT2D eigenvalue weighted by Gasteiger charge is -2.07. The number of rotatable bonds is 3. The van der Waals surface area contributed by atoms with Gasteiger partial charge >= 0.3 is 0 Å². The zero-order valence-electron chi connectivity index (χ0n) is 9.65. The zero-order chi connectivity index (χ0) is 12.4. The van der Waals surface area contributed by atoms with Crippen LogP contribution in [0.2, 0.25) is 0 Å². The maximum Gasteiger partial charge on any atom is 0.128 e. The molecule has 0 aliphatic heterocycles. The smallest absolute Gasteiger partial charge is 0.128 e. The Morgan fingerprint density at radius 1 is 1.17 bits per heavy atom. The summed E-state index contributed by atoms with van der Waals surface area (Å²) in [5.74, 6) is -0.187. The monoisotopic (exact) mass is 241 g/mol. The Hall–Kier alpha value is -2.36. The topological polar surface area (TPSA) is 40.7 Å². The molecule has 3 aromatic rings. The lowest BCUT2D eigenvalue weighted by molar-refractivity contribution is 0.613. The molecule has 0 saturated heterocycles. The van der Waals surface area contributed by atoms with Crippen molar-refractivity contribution in [3.05, 3.63) is 60.0 Å². The van der Waals surface area contributed by atoms with Gasteiger partial charge in [-0.2, -0.15) is 5.10 Å². The van der Waals surface area contributed by atoms with E-state index in [4.69, 9.17) is 0 Å². The molecule has 18 heavy (non-hydrogen) atoms. The molecule has 90 valence electrons. The van der Waals surface area contributed by atoms with Crippen LogP contribution in [-0.4, -0.2) is 10.2 Å². The lowest BCUT2D eigenvalue weighted by Crippen LogP contribution is -2.01. The van der Waals surface area contributed by atoms with Gasteiger partial charge in [-0.05, 0) is 24.3 Å². The van der Waals surface area contributed by atoms with Gasteiger partial charge in [0.2, 0.25) is 0 Å². The number of hydrogen-bond acceptors (Lipinski definition) is 2. The number of nitrogens with one attached hydrogen (secondary N) is 2. The molecular weight excluding hydrogens is 229 g/mol. The number of anilines is 1. The molecule has 0 fully saturated rings. The van der Waals surface area contributed by atoms with Crippen molar-refractivity contribution in [1.82, 2.24) is 10.2 Å². The summed E-state index contributed by atoms with van der Waals surface area (Å²) in [6, 6.07) is 12.7. The number of fused-ring (bicyclic) bond motifs is 1. The first-order valence-corrected chi connectivity index (χ1v) is 5.73. The van der Waals surface area contributed by atoms with Crippen molar-refractivity contribution < 1.29 is 4.39 Å². The Balaban J connectivity index is 1.78. The predicted octanol–water partition coefficient (Wildman–Crippen LogP) is 3.31.